The van der Waals surface area contributed by atoms with Crippen molar-refractivity contribution in [3.05, 3.63) is 34.4 Å². The smallest absolute Gasteiger partial charge is 0.270 e. The third-order valence-corrected chi connectivity index (χ3v) is 6.14. The first-order valence-corrected chi connectivity index (χ1v) is 9.34. The van der Waals surface area contributed by atoms with E-state index in [1.54, 1.807) is 11.9 Å². The van der Waals surface area contributed by atoms with Gasteiger partial charge in [-0.15, -0.1) is 12.4 Å². The van der Waals surface area contributed by atoms with E-state index in [-0.39, 0.29) is 41.5 Å². The molecule has 0 aromatic heterocycles. The second-order valence-corrected chi connectivity index (χ2v) is 8.05. The lowest BCUT2D eigenvalue weighted by Gasteiger charge is -2.32. The first-order chi connectivity index (χ1) is 11.7. The molecule has 1 amide bonds. The summed E-state index contributed by atoms with van der Waals surface area (Å²) in [4.78, 5) is 23.9. The third kappa shape index (κ3) is 5.13. The Morgan fingerprint density at radius 3 is 2.50 bits per heavy atom. The van der Waals surface area contributed by atoms with Crippen LogP contribution in [-0.4, -0.2) is 68.2 Å². The fraction of sp³-hybridized carbons (Fsp3) is 0.533. The van der Waals surface area contributed by atoms with E-state index in [1.807, 2.05) is 0 Å². The molecule has 1 aliphatic heterocycles. The number of amides is 1. The molecular weight excluding hydrogens is 384 g/mol. The quantitative estimate of drug-likeness (QED) is 0.553. The molecule has 0 unspecified atom stereocenters. The summed E-state index contributed by atoms with van der Waals surface area (Å²) in [5.41, 5.74) is -0.312. The predicted molar refractivity (Wildman–Crippen MR) is 98.8 cm³/mol. The molecule has 9 nitrogen and oxygen atoms in total. The Morgan fingerprint density at radius 1 is 1.31 bits per heavy atom. The highest BCUT2D eigenvalue weighted by atomic mass is 35.5. The van der Waals surface area contributed by atoms with E-state index < -0.39 is 14.9 Å². The maximum Gasteiger partial charge on any atom is 0.270 e. The molecule has 1 aromatic carbocycles. The number of nitrogens with one attached hydrogen (secondary N) is 1. The van der Waals surface area contributed by atoms with Crippen LogP contribution in [-0.2, 0) is 14.8 Å². The minimum atomic E-state index is -3.99. The van der Waals surface area contributed by atoms with Gasteiger partial charge in [0.1, 0.15) is 0 Å². The largest absolute Gasteiger partial charge is 0.342 e. The molecule has 0 atom stereocenters. The summed E-state index contributed by atoms with van der Waals surface area (Å²) >= 11 is 0. The molecule has 1 N–H and O–H groups in total. The zero-order chi connectivity index (χ0) is 18.6. The van der Waals surface area contributed by atoms with E-state index in [0.717, 1.165) is 36.3 Å². The number of rotatable bonds is 6. The summed E-state index contributed by atoms with van der Waals surface area (Å²) in [7, 11) is -1.02. The fourth-order valence-electron chi connectivity index (χ4n) is 2.72. The van der Waals surface area contributed by atoms with Crippen LogP contribution in [0.3, 0.4) is 0 Å². The molecule has 1 aliphatic rings. The second kappa shape index (κ2) is 9.26. The van der Waals surface area contributed by atoms with Crippen LogP contribution in [0.2, 0.25) is 0 Å². The van der Waals surface area contributed by atoms with Crippen molar-refractivity contribution in [1.82, 2.24) is 14.5 Å². The summed E-state index contributed by atoms with van der Waals surface area (Å²) in [5, 5.41) is 14.0. The molecule has 2 rings (SSSR count). The molecule has 1 fully saturated rings. The van der Waals surface area contributed by atoms with Crippen LogP contribution in [0, 0.1) is 10.1 Å². The van der Waals surface area contributed by atoms with Gasteiger partial charge in [0, 0.05) is 32.3 Å². The molecule has 11 heteroatoms. The van der Waals surface area contributed by atoms with E-state index in [4.69, 9.17) is 0 Å². The summed E-state index contributed by atoms with van der Waals surface area (Å²) in [6.07, 6.45) is 1.65. The molecule has 0 bridgehead atoms. The maximum atomic E-state index is 12.6. The molecule has 1 heterocycles. The standard InChI is InChI=1S/C15H22N4O5S.ClH/c1-17(11-15(20)18(2)12-6-8-16-9-7-12)25(23,24)14-5-3-4-13(10-14)19(21)22;/h3-5,10,12,16H,6-9,11H2,1-2H3;1H. The second-order valence-electron chi connectivity index (χ2n) is 6.00. The molecule has 26 heavy (non-hydrogen) atoms. The summed E-state index contributed by atoms with van der Waals surface area (Å²) in [6, 6.07) is 4.88. The number of piperidine rings is 1. The SMILES string of the molecule is CN(C(=O)CN(C)S(=O)(=O)c1cccc([N+](=O)[O-])c1)C1CCNCC1.Cl. The van der Waals surface area contributed by atoms with Gasteiger partial charge in [-0.2, -0.15) is 4.31 Å². The highest BCUT2D eigenvalue weighted by Gasteiger charge is 2.28. The first kappa shape index (κ1) is 22.3. The van der Waals surface area contributed by atoms with Crippen LogP contribution >= 0.6 is 12.4 Å². The summed E-state index contributed by atoms with van der Waals surface area (Å²) in [6.45, 7) is 1.33. The predicted octanol–water partition coefficient (Wildman–Crippen LogP) is 0.847. The number of nitro groups is 1. The van der Waals surface area contributed by atoms with Crippen molar-refractivity contribution in [3.8, 4) is 0 Å². The van der Waals surface area contributed by atoms with Gasteiger partial charge in [-0.1, -0.05) is 6.07 Å². The third-order valence-electron chi connectivity index (χ3n) is 4.34. The van der Waals surface area contributed by atoms with Crippen LogP contribution in [0.15, 0.2) is 29.2 Å². The number of likely N-dealkylation sites (N-methyl/N-ethyl adjacent to an activating group) is 2. The number of halogens is 1. The van der Waals surface area contributed by atoms with Crippen molar-refractivity contribution < 1.29 is 18.1 Å². The fourth-order valence-corrected chi connectivity index (χ4v) is 3.88. The Balaban J connectivity index is 0.00000338. The topological polar surface area (TPSA) is 113 Å². The van der Waals surface area contributed by atoms with Gasteiger partial charge in [-0.25, -0.2) is 8.42 Å². The number of non-ortho nitro benzene ring substituents is 1. The minimum Gasteiger partial charge on any atom is -0.342 e. The normalized spacial score (nSPS) is 15.3. The van der Waals surface area contributed by atoms with Gasteiger partial charge in [0.05, 0.1) is 16.4 Å². The molecule has 146 valence electrons. The highest BCUT2D eigenvalue weighted by Crippen LogP contribution is 2.20. The van der Waals surface area contributed by atoms with Gasteiger partial charge in [-0.3, -0.25) is 14.9 Å². The van der Waals surface area contributed by atoms with Crippen molar-refractivity contribution in [2.24, 2.45) is 0 Å². The minimum absolute atomic E-state index is 0. The van der Waals surface area contributed by atoms with Crippen LogP contribution < -0.4 is 5.32 Å². The van der Waals surface area contributed by atoms with Crippen molar-refractivity contribution in [3.63, 3.8) is 0 Å². The number of nitrogens with zero attached hydrogens (tertiary/aromatic N) is 3. The van der Waals surface area contributed by atoms with Crippen LogP contribution in [0.5, 0.6) is 0 Å². The molecule has 1 aromatic rings. The number of carbonyl (C=O) groups excluding carboxylic acids is 1. The van der Waals surface area contributed by atoms with Gasteiger partial charge >= 0.3 is 0 Å². The molecule has 0 spiro atoms. The number of nitro benzene ring substituents is 1. The average Bonchev–Trinajstić information content (AvgIpc) is 2.61. The monoisotopic (exact) mass is 406 g/mol. The lowest BCUT2D eigenvalue weighted by Crippen LogP contribution is -2.47. The van der Waals surface area contributed by atoms with Crippen molar-refractivity contribution in [2.45, 2.75) is 23.8 Å². The van der Waals surface area contributed by atoms with Gasteiger partial charge in [0.15, 0.2) is 0 Å². The Bertz CT molecular complexity index is 752. The number of hydrogen-bond donors (Lipinski definition) is 1. The molecular formula is C15H23ClN4O5S. The Labute approximate surface area is 159 Å². The lowest BCUT2D eigenvalue weighted by molar-refractivity contribution is -0.385. The maximum absolute atomic E-state index is 12.6. The summed E-state index contributed by atoms with van der Waals surface area (Å²) < 4.78 is 26.1. The van der Waals surface area contributed by atoms with Crippen molar-refractivity contribution >= 4 is 34.0 Å². The Kier molecular flexibility index (Phi) is 7.94. The van der Waals surface area contributed by atoms with E-state index in [9.17, 15) is 23.3 Å². The van der Waals surface area contributed by atoms with E-state index >= 15 is 0 Å². The first-order valence-electron chi connectivity index (χ1n) is 7.90. The van der Waals surface area contributed by atoms with Gasteiger partial charge in [0.25, 0.3) is 5.69 Å². The van der Waals surface area contributed by atoms with Crippen LogP contribution in [0.1, 0.15) is 12.8 Å². The lowest BCUT2D eigenvalue weighted by atomic mass is 10.1. The van der Waals surface area contributed by atoms with Crippen LogP contribution in [0.4, 0.5) is 5.69 Å². The number of carbonyl (C=O) groups is 1. The molecule has 0 aliphatic carbocycles. The summed E-state index contributed by atoms with van der Waals surface area (Å²) in [5.74, 6) is -0.302. The molecule has 0 radical (unpaired) electrons. The van der Waals surface area contributed by atoms with Gasteiger partial charge in [0.2, 0.25) is 15.9 Å². The van der Waals surface area contributed by atoms with Crippen molar-refractivity contribution in [1.29, 1.82) is 0 Å². The Morgan fingerprint density at radius 2 is 1.92 bits per heavy atom. The van der Waals surface area contributed by atoms with E-state index in [2.05, 4.69) is 5.32 Å². The molecule has 0 saturated carbocycles. The zero-order valence-electron chi connectivity index (χ0n) is 14.6. The van der Waals surface area contributed by atoms with Crippen LogP contribution in [0.25, 0.3) is 0 Å². The average molecular weight is 407 g/mol. The Hall–Kier alpha value is -1.75. The zero-order valence-corrected chi connectivity index (χ0v) is 16.3. The van der Waals surface area contributed by atoms with Gasteiger partial charge in [-0.05, 0) is 32.0 Å². The van der Waals surface area contributed by atoms with E-state index in [1.165, 1.54) is 25.2 Å². The number of benzene rings is 1. The van der Waals surface area contributed by atoms with Crippen molar-refractivity contribution in [2.75, 3.05) is 33.7 Å². The van der Waals surface area contributed by atoms with Gasteiger partial charge < -0.3 is 10.2 Å². The number of sulfonamides is 1. The number of hydrogen-bond acceptors (Lipinski definition) is 6. The highest BCUT2D eigenvalue weighted by molar-refractivity contribution is 7.89. The molecule has 1 saturated heterocycles. The van der Waals surface area contributed by atoms with E-state index in [0.29, 0.717) is 0 Å².